The van der Waals surface area contributed by atoms with Crippen LogP contribution in [0.2, 0.25) is 0 Å². The molecule has 1 aliphatic rings. The van der Waals surface area contributed by atoms with E-state index >= 15 is 0 Å². The lowest BCUT2D eigenvalue weighted by atomic mass is 9.99. The largest absolute Gasteiger partial charge is 0.378 e. The van der Waals surface area contributed by atoms with Crippen molar-refractivity contribution in [3.63, 3.8) is 0 Å². The van der Waals surface area contributed by atoms with E-state index in [-0.39, 0.29) is 23.7 Å². The van der Waals surface area contributed by atoms with E-state index in [2.05, 4.69) is 0 Å². The highest BCUT2D eigenvalue weighted by molar-refractivity contribution is 5.82. The van der Waals surface area contributed by atoms with Gasteiger partial charge >= 0.3 is 0 Å². The van der Waals surface area contributed by atoms with E-state index in [1.165, 1.54) is 0 Å². The van der Waals surface area contributed by atoms with Crippen LogP contribution in [-0.2, 0) is 19.1 Å². The van der Waals surface area contributed by atoms with Crippen molar-refractivity contribution >= 4 is 11.8 Å². The Bertz CT molecular complexity index is 423. The second-order valence-corrected chi connectivity index (χ2v) is 7.70. The molecule has 28 heavy (non-hydrogen) atoms. The van der Waals surface area contributed by atoms with Gasteiger partial charge in [-0.25, -0.2) is 0 Å². The van der Waals surface area contributed by atoms with Crippen molar-refractivity contribution in [2.45, 2.75) is 52.6 Å². The molecule has 1 saturated heterocycles. The minimum atomic E-state index is -0.506. The molecule has 0 aromatic rings. The molecule has 4 unspecified atom stereocenters. The summed E-state index contributed by atoms with van der Waals surface area (Å²) in [6.07, 6.45) is 1.72. The first-order valence-corrected chi connectivity index (χ1v) is 10.6. The van der Waals surface area contributed by atoms with Gasteiger partial charge in [-0.1, -0.05) is 40.5 Å². The van der Waals surface area contributed by atoms with Crippen molar-refractivity contribution < 1.29 is 19.1 Å². The summed E-state index contributed by atoms with van der Waals surface area (Å²) in [4.78, 5) is 28.7. The van der Waals surface area contributed by atoms with Crippen LogP contribution in [0.15, 0.2) is 0 Å². The SMILES string of the molecule is CCC(C)C(N)C(=O)N1CCOCCN(C(=O)C(N)C(C)CC)CCOCC1. The maximum atomic E-state index is 12.6. The molecule has 1 fully saturated rings. The van der Waals surface area contributed by atoms with Gasteiger partial charge in [0.15, 0.2) is 0 Å². The van der Waals surface area contributed by atoms with E-state index in [1.807, 2.05) is 27.7 Å². The summed E-state index contributed by atoms with van der Waals surface area (Å²) in [5.41, 5.74) is 12.2. The van der Waals surface area contributed by atoms with E-state index in [4.69, 9.17) is 20.9 Å². The lowest BCUT2D eigenvalue weighted by Gasteiger charge is -2.30. The van der Waals surface area contributed by atoms with Crippen LogP contribution in [-0.4, -0.2) is 86.3 Å². The molecule has 8 heteroatoms. The van der Waals surface area contributed by atoms with Gasteiger partial charge in [0.2, 0.25) is 11.8 Å². The van der Waals surface area contributed by atoms with Gasteiger partial charge in [0, 0.05) is 26.2 Å². The molecule has 0 bridgehead atoms. The van der Waals surface area contributed by atoms with Crippen molar-refractivity contribution in [2.24, 2.45) is 23.3 Å². The molecule has 0 aromatic carbocycles. The van der Waals surface area contributed by atoms with Gasteiger partial charge in [-0.05, 0) is 11.8 Å². The lowest BCUT2D eigenvalue weighted by Crippen LogP contribution is -2.50. The summed E-state index contributed by atoms with van der Waals surface area (Å²) in [6.45, 7) is 11.5. The Morgan fingerprint density at radius 3 is 1.29 bits per heavy atom. The van der Waals surface area contributed by atoms with Crippen molar-refractivity contribution in [2.75, 3.05) is 52.6 Å². The Morgan fingerprint density at radius 1 is 0.750 bits per heavy atom. The van der Waals surface area contributed by atoms with Crippen LogP contribution in [0, 0.1) is 11.8 Å². The number of ether oxygens (including phenoxy) is 2. The van der Waals surface area contributed by atoms with Gasteiger partial charge in [0.05, 0.1) is 38.5 Å². The summed E-state index contributed by atoms with van der Waals surface area (Å²) in [6, 6.07) is -1.01. The van der Waals surface area contributed by atoms with Crippen LogP contribution in [0.5, 0.6) is 0 Å². The molecule has 0 aromatic heterocycles. The summed E-state index contributed by atoms with van der Waals surface area (Å²) < 4.78 is 11.4. The molecule has 0 saturated carbocycles. The van der Waals surface area contributed by atoms with E-state index in [9.17, 15) is 9.59 Å². The Labute approximate surface area is 169 Å². The Hall–Kier alpha value is -1.22. The van der Waals surface area contributed by atoms with Gasteiger partial charge in [0.1, 0.15) is 0 Å². The highest BCUT2D eigenvalue weighted by Crippen LogP contribution is 2.10. The molecule has 0 aliphatic carbocycles. The van der Waals surface area contributed by atoms with Crippen molar-refractivity contribution in [1.82, 2.24) is 9.80 Å². The molecule has 8 nitrogen and oxygen atoms in total. The Balaban J connectivity index is 2.61. The fourth-order valence-corrected chi connectivity index (χ4v) is 2.98. The zero-order valence-electron chi connectivity index (χ0n) is 18.1. The number of nitrogens with two attached hydrogens (primary N) is 2. The van der Waals surface area contributed by atoms with Crippen molar-refractivity contribution in [3.05, 3.63) is 0 Å². The lowest BCUT2D eigenvalue weighted by molar-refractivity contribution is -0.137. The van der Waals surface area contributed by atoms with E-state index in [0.29, 0.717) is 52.6 Å². The van der Waals surface area contributed by atoms with Crippen molar-refractivity contribution in [3.8, 4) is 0 Å². The van der Waals surface area contributed by atoms with Gasteiger partial charge in [-0.15, -0.1) is 0 Å². The molecule has 1 heterocycles. The average Bonchev–Trinajstić information content (AvgIpc) is 2.70. The smallest absolute Gasteiger partial charge is 0.239 e. The van der Waals surface area contributed by atoms with Crippen LogP contribution in [0.4, 0.5) is 0 Å². The first-order chi connectivity index (χ1) is 13.3. The quantitative estimate of drug-likeness (QED) is 0.669. The fourth-order valence-electron chi connectivity index (χ4n) is 2.98. The highest BCUT2D eigenvalue weighted by atomic mass is 16.5. The third-order valence-corrected chi connectivity index (χ3v) is 5.73. The molecular weight excluding hydrogens is 360 g/mol. The zero-order chi connectivity index (χ0) is 21.1. The number of rotatable bonds is 6. The Kier molecular flexibility index (Phi) is 11.6. The maximum Gasteiger partial charge on any atom is 0.239 e. The third-order valence-electron chi connectivity index (χ3n) is 5.73. The summed E-state index contributed by atoms with van der Waals surface area (Å²) in [5, 5.41) is 0. The highest BCUT2D eigenvalue weighted by Gasteiger charge is 2.26. The minimum Gasteiger partial charge on any atom is -0.378 e. The molecule has 164 valence electrons. The molecule has 2 amide bonds. The third kappa shape index (κ3) is 7.66. The molecular formula is C20H40N4O4. The monoisotopic (exact) mass is 400 g/mol. The number of carbonyl (C=O) groups excluding carboxylic acids is 2. The van der Waals surface area contributed by atoms with E-state index < -0.39 is 12.1 Å². The van der Waals surface area contributed by atoms with Crippen LogP contribution in [0.25, 0.3) is 0 Å². The van der Waals surface area contributed by atoms with Crippen LogP contribution in [0.1, 0.15) is 40.5 Å². The van der Waals surface area contributed by atoms with Gasteiger partial charge in [-0.2, -0.15) is 0 Å². The second kappa shape index (κ2) is 13.1. The zero-order valence-corrected chi connectivity index (χ0v) is 18.1. The van der Waals surface area contributed by atoms with Crippen LogP contribution < -0.4 is 11.5 Å². The standard InChI is InChI=1S/C20H40N4O4/c1-5-15(3)17(21)19(25)23-7-11-27-13-9-24(10-14-28-12-8-23)20(26)18(22)16(4)6-2/h15-18H,5-14,21-22H2,1-4H3. The molecule has 0 radical (unpaired) electrons. The maximum absolute atomic E-state index is 12.6. The summed E-state index contributed by atoms with van der Waals surface area (Å²) in [5.74, 6) is 0.139. The predicted molar refractivity (Wildman–Crippen MR) is 110 cm³/mol. The summed E-state index contributed by atoms with van der Waals surface area (Å²) >= 11 is 0. The second-order valence-electron chi connectivity index (χ2n) is 7.70. The number of nitrogens with zero attached hydrogens (tertiary/aromatic N) is 2. The molecule has 0 spiro atoms. The Morgan fingerprint density at radius 2 is 1.04 bits per heavy atom. The van der Waals surface area contributed by atoms with Gasteiger partial charge < -0.3 is 30.7 Å². The predicted octanol–water partition coefficient (Wildman–Crippen LogP) is 0.437. The molecule has 4 atom stereocenters. The minimum absolute atomic E-state index is 0.0602. The number of hydrogen-bond acceptors (Lipinski definition) is 6. The van der Waals surface area contributed by atoms with E-state index in [0.717, 1.165) is 12.8 Å². The fraction of sp³-hybridized carbons (Fsp3) is 0.900. The number of hydrogen-bond donors (Lipinski definition) is 2. The first-order valence-electron chi connectivity index (χ1n) is 10.6. The normalized spacial score (nSPS) is 21.8. The van der Waals surface area contributed by atoms with Crippen LogP contribution >= 0.6 is 0 Å². The average molecular weight is 401 g/mol. The molecule has 1 rings (SSSR count). The number of carbonyl (C=O) groups is 2. The van der Waals surface area contributed by atoms with Gasteiger partial charge in [-0.3, -0.25) is 9.59 Å². The topological polar surface area (TPSA) is 111 Å². The molecule has 4 N–H and O–H groups in total. The van der Waals surface area contributed by atoms with Crippen molar-refractivity contribution in [1.29, 1.82) is 0 Å². The molecule has 1 aliphatic heterocycles. The van der Waals surface area contributed by atoms with E-state index in [1.54, 1.807) is 9.80 Å². The van der Waals surface area contributed by atoms with Gasteiger partial charge in [0.25, 0.3) is 0 Å². The first kappa shape index (κ1) is 24.8. The van der Waals surface area contributed by atoms with Crippen LogP contribution in [0.3, 0.4) is 0 Å². The summed E-state index contributed by atoms with van der Waals surface area (Å²) in [7, 11) is 0. The number of amides is 2.